The normalized spacial score (nSPS) is 13.6. The van der Waals surface area contributed by atoms with Gasteiger partial charge in [0.15, 0.2) is 0 Å². The van der Waals surface area contributed by atoms with E-state index >= 15 is 0 Å². The maximum atomic E-state index is 12.8. The number of hydrogen-bond acceptors (Lipinski definition) is 4. The highest BCUT2D eigenvalue weighted by Gasteiger charge is 2.27. The van der Waals surface area contributed by atoms with Crippen LogP contribution in [-0.2, 0) is 26.0 Å². The number of sulfonamides is 1. The molecule has 0 heterocycles. The predicted molar refractivity (Wildman–Crippen MR) is 101 cm³/mol. The van der Waals surface area contributed by atoms with Crippen molar-refractivity contribution >= 4 is 16.0 Å². The second-order valence-corrected chi connectivity index (χ2v) is 7.75. The predicted octanol–water partition coefficient (Wildman–Crippen LogP) is 3.00. The highest BCUT2D eigenvalue weighted by atomic mass is 32.2. The maximum Gasteiger partial charge on any atom is 0.303 e. The van der Waals surface area contributed by atoms with Crippen LogP contribution in [-0.4, -0.2) is 26.5 Å². The van der Waals surface area contributed by atoms with Gasteiger partial charge in [-0.2, -0.15) is 0 Å². The minimum absolute atomic E-state index is 0.159. The molecular weight excluding hydrogens is 350 g/mol. The molecule has 0 saturated heterocycles. The zero-order valence-electron chi connectivity index (χ0n) is 14.9. The quantitative estimate of drug-likeness (QED) is 0.570. The average molecular weight is 373 g/mol. The van der Waals surface area contributed by atoms with Gasteiger partial charge in [-0.25, -0.2) is 13.1 Å². The molecule has 1 unspecified atom stereocenters. The van der Waals surface area contributed by atoms with Gasteiger partial charge in [0.25, 0.3) is 0 Å². The molecule has 0 aliphatic carbocycles. The third kappa shape index (κ3) is 5.54. The molecule has 0 bridgehead atoms. The summed E-state index contributed by atoms with van der Waals surface area (Å²) in [6.45, 7) is 6.85. The minimum Gasteiger partial charge on any atom is -0.457 e. The Hall–Kier alpha value is -2.44. The molecule has 0 amide bonds. The molecule has 1 N–H and O–H groups in total. The zero-order chi connectivity index (χ0) is 19.2. The smallest absolute Gasteiger partial charge is 0.303 e. The molecule has 2 aromatic rings. The van der Waals surface area contributed by atoms with Crippen LogP contribution in [0.25, 0.3) is 0 Å². The van der Waals surface area contributed by atoms with E-state index in [0.717, 1.165) is 11.1 Å². The third-order valence-corrected chi connectivity index (χ3v) is 5.37. The summed E-state index contributed by atoms with van der Waals surface area (Å²) in [5, 5.41) is 0. The van der Waals surface area contributed by atoms with Gasteiger partial charge in [0.05, 0.1) is 10.9 Å². The van der Waals surface area contributed by atoms with E-state index in [1.165, 1.54) is 13.0 Å². The van der Waals surface area contributed by atoms with Crippen molar-refractivity contribution in [1.29, 1.82) is 0 Å². The Bertz CT molecular complexity index is 845. The molecule has 2 rings (SSSR count). The van der Waals surface area contributed by atoms with E-state index in [1.54, 1.807) is 24.3 Å². The van der Waals surface area contributed by atoms with Crippen molar-refractivity contribution in [2.24, 2.45) is 0 Å². The first-order valence-electron chi connectivity index (χ1n) is 8.24. The molecule has 2 atom stereocenters. The first-order chi connectivity index (χ1) is 12.3. The summed E-state index contributed by atoms with van der Waals surface area (Å²) in [4.78, 5) is 11.6. The van der Waals surface area contributed by atoms with Crippen molar-refractivity contribution in [2.45, 2.75) is 37.3 Å². The highest BCUT2D eigenvalue weighted by molar-refractivity contribution is 7.89. The number of carbonyl (C=O) groups excluding carboxylic acids is 1. The summed E-state index contributed by atoms with van der Waals surface area (Å²) in [5.41, 5.74) is 1.89. The lowest BCUT2D eigenvalue weighted by molar-refractivity contribution is -0.145. The molecule has 0 saturated carbocycles. The van der Waals surface area contributed by atoms with E-state index in [-0.39, 0.29) is 4.90 Å². The Morgan fingerprint density at radius 3 is 2.31 bits per heavy atom. The van der Waals surface area contributed by atoms with Crippen molar-refractivity contribution in [3.63, 3.8) is 0 Å². The standard InChI is InChI=1S/C20H23NO4S/c1-4-20(25-16(3)22)19(14-17-8-6-5-7-9-17)21-26(23,24)18-12-10-15(2)11-13-18/h4-13,19-21H,1,14H2,2-3H3/t19-,20?/m0/s1. The summed E-state index contributed by atoms with van der Waals surface area (Å²) < 4.78 is 33.4. The van der Waals surface area contributed by atoms with Gasteiger partial charge in [-0.15, -0.1) is 0 Å². The number of esters is 1. The van der Waals surface area contributed by atoms with Gasteiger partial charge in [0, 0.05) is 6.92 Å². The summed E-state index contributed by atoms with van der Waals surface area (Å²) in [6, 6.07) is 15.3. The molecule has 0 aromatic heterocycles. The zero-order valence-corrected chi connectivity index (χ0v) is 15.7. The maximum absolute atomic E-state index is 12.8. The number of benzene rings is 2. The van der Waals surface area contributed by atoms with E-state index in [0.29, 0.717) is 6.42 Å². The number of hydrogen-bond donors (Lipinski definition) is 1. The lowest BCUT2D eigenvalue weighted by Crippen LogP contribution is -2.45. The van der Waals surface area contributed by atoms with Crippen LogP contribution in [0.5, 0.6) is 0 Å². The lowest BCUT2D eigenvalue weighted by atomic mass is 10.0. The first-order valence-corrected chi connectivity index (χ1v) is 9.73. The van der Waals surface area contributed by atoms with E-state index in [4.69, 9.17) is 4.74 Å². The Balaban J connectivity index is 2.31. The van der Waals surface area contributed by atoms with Gasteiger partial charge in [-0.05, 0) is 37.1 Å². The minimum atomic E-state index is -3.78. The summed E-state index contributed by atoms with van der Waals surface area (Å²) in [5.74, 6) is -0.498. The second-order valence-electron chi connectivity index (χ2n) is 6.04. The molecule has 0 radical (unpaired) electrons. The number of nitrogens with one attached hydrogen (secondary N) is 1. The Morgan fingerprint density at radius 1 is 1.15 bits per heavy atom. The number of rotatable bonds is 8. The fourth-order valence-electron chi connectivity index (χ4n) is 2.56. The van der Waals surface area contributed by atoms with Crippen LogP contribution in [0.15, 0.2) is 72.1 Å². The second kappa shape index (κ2) is 8.78. The lowest BCUT2D eigenvalue weighted by Gasteiger charge is -2.25. The third-order valence-electron chi connectivity index (χ3n) is 3.87. The van der Waals surface area contributed by atoms with Crippen molar-refractivity contribution in [3.05, 3.63) is 78.4 Å². The molecule has 0 aliphatic heterocycles. The van der Waals surface area contributed by atoms with Crippen molar-refractivity contribution in [3.8, 4) is 0 Å². The molecule has 26 heavy (non-hydrogen) atoms. The molecular formula is C20H23NO4S. The molecule has 2 aromatic carbocycles. The van der Waals surface area contributed by atoms with Crippen LogP contribution < -0.4 is 4.72 Å². The average Bonchev–Trinajstić information content (AvgIpc) is 2.60. The topological polar surface area (TPSA) is 72.5 Å². The van der Waals surface area contributed by atoms with Crippen LogP contribution in [0.4, 0.5) is 0 Å². The van der Waals surface area contributed by atoms with E-state index < -0.39 is 28.1 Å². The van der Waals surface area contributed by atoms with Crippen molar-refractivity contribution in [2.75, 3.05) is 0 Å². The monoisotopic (exact) mass is 373 g/mol. The molecule has 138 valence electrons. The molecule has 6 heteroatoms. The molecule has 0 spiro atoms. The van der Waals surface area contributed by atoms with Crippen LogP contribution >= 0.6 is 0 Å². The number of ether oxygens (including phenoxy) is 1. The Kier molecular flexibility index (Phi) is 6.71. The fraction of sp³-hybridized carbons (Fsp3) is 0.250. The summed E-state index contributed by atoms with van der Waals surface area (Å²) in [6.07, 6.45) is 1.01. The summed E-state index contributed by atoms with van der Waals surface area (Å²) >= 11 is 0. The number of aryl methyl sites for hydroxylation is 1. The fourth-order valence-corrected chi connectivity index (χ4v) is 3.81. The van der Waals surface area contributed by atoms with Gasteiger partial charge in [0.2, 0.25) is 10.0 Å². The van der Waals surface area contributed by atoms with Gasteiger partial charge in [0.1, 0.15) is 6.10 Å². The van der Waals surface area contributed by atoms with Gasteiger partial charge < -0.3 is 4.74 Å². The van der Waals surface area contributed by atoms with Crippen molar-refractivity contribution in [1.82, 2.24) is 4.72 Å². The van der Waals surface area contributed by atoms with E-state index in [1.807, 2.05) is 37.3 Å². The Morgan fingerprint density at radius 2 is 1.77 bits per heavy atom. The number of carbonyl (C=O) groups is 1. The molecule has 0 aliphatic rings. The molecule has 5 nitrogen and oxygen atoms in total. The van der Waals surface area contributed by atoms with Crippen LogP contribution in [0, 0.1) is 6.92 Å². The molecule has 0 fully saturated rings. The van der Waals surface area contributed by atoms with Crippen LogP contribution in [0.1, 0.15) is 18.1 Å². The van der Waals surface area contributed by atoms with Gasteiger partial charge in [-0.3, -0.25) is 4.79 Å². The Labute approximate surface area is 154 Å². The van der Waals surface area contributed by atoms with E-state index in [2.05, 4.69) is 11.3 Å². The SMILES string of the molecule is C=CC(OC(C)=O)[C@H](Cc1ccccc1)NS(=O)(=O)c1ccc(C)cc1. The van der Waals surface area contributed by atoms with E-state index in [9.17, 15) is 13.2 Å². The highest BCUT2D eigenvalue weighted by Crippen LogP contribution is 2.16. The van der Waals surface area contributed by atoms with Crippen molar-refractivity contribution < 1.29 is 17.9 Å². The summed E-state index contributed by atoms with van der Waals surface area (Å²) in [7, 11) is -3.78. The van der Waals surface area contributed by atoms with Crippen LogP contribution in [0.2, 0.25) is 0 Å². The van der Waals surface area contributed by atoms with Gasteiger partial charge >= 0.3 is 5.97 Å². The largest absolute Gasteiger partial charge is 0.457 e. The first kappa shape index (κ1) is 19.9. The van der Waals surface area contributed by atoms with Gasteiger partial charge in [-0.1, -0.05) is 54.6 Å². The van der Waals surface area contributed by atoms with Crippen LogP contribution in [0.3, 0.4) is 0 Å².